The Hall–Kier alpha value is -0.670. The van der Waals surface area contributed by atoms with Crippen molar-refractivity contribution in [1.82, 2.24) is 14.9 Å². The van der Waals surface area contributed by atoms with Gasteiger partial charge in [-0.15, -0.1) is 11.6 Å². The average Bonchev–Trinajstić information content (AvgIpc) is 2.27. The molecule has 0 fully saturated rings. The molecule has 1 aliphatic rings. The SMILES string of the molecule is CC(C)(C)c1ncc2c(n1)CN(CCCl)CC2. The summed E-state index contributed by atoms with van der Waals surface area (Å²) >= 11 is 5.79. The van der Waals surface area contributed by atoms with Crippen molar-refractivity contribution >= 4 is 11.6 Å². The van der Waals surface area contributed by atoms with Crippen molar-refractivity contribution in [3.05, 3.63) is 23.3 Å². The van der Waals surface area contributed by atoms with E-state index in [0.29, 0.717) is 5.88 Å². The van der Waals surface area contributed by atoms with Gasteiger partial charge in [0.25, 0.3) is 0 Å². The number of hydrogen-bond acceptors (Lipinski definition) is 3. The largest absolute Gasteiger partial charge is 0.296 e. The molecular formula is C13H20ClN3. The molecule has 1 aliphatic heterocycles. The Labute approximate surface area is 108 Å². The van der Waals surface area contributed by atoms with E-state index in [1.807, 2.05) is 6.20 Å². The van der Waals surface area contributed by atoms with Gasteiger partial charge in [-0.2, -0.15) is 0 Å². The minimum absolute atomic E-state index is 0.0177. The quantitative estimate of drug-likeness (QED) is 0.758. The van der Waals surface area contributed by atoms with Crippen molar-refractivity contribution in [1.29, 1.82) is 0 Å². The maximum atomic E-state index is 5.79. The molecule has 0 saturated carbocycles. The molecule has 94 valence electrons. The van der Waals surface area contributed by atoms with E-state index in [1.54, 1.807) is 0 Å². The molecule has 3 nitrogen and oxygen atoms in total. The van der Waals surface area contributed by atoms with Crippen LogP contribution < -0.4 is 0 Å². The van der Waals surface area contributed by atoms with Crippen LogP contribution in [-0.2, 0) is 18.4 Å². The summed E-state index contributed by atoms with van der Waals surface area (Å²) in [5.41, 5.74) is 2.49. The summed E-state index contributed by atoms with van der Waals surface area (Å²) < 4.78 is 0. The Balaban J connectivity index is 2.23. The molecule has 0 atom stereocenters. The summed E-state index contributed by atoms with van der Waals surface area (Å²) in [6.45, 7) is 9.36. The molecule has 0 aliphatic carbocycles. The molecule has 0 N–H and O–H groups in total. The van der Waals surface area contributed by atoms with E-state index in [9.17, 15) is 0 Å². The summed E-state index contributed by atoms with van der Waals surface area (Å²) in [6.07, 6.45) is 3.04. The first-order valence-corrected chi connectivity index (χ1v) is 6.68. The van der Waals surface area contributed by atoms with Gasteiger partial charge >= 0.3 is 0 Å². The second-order valence-electron chi connectivity index (χ2n) is 5.63. The first kappa shape index (κ1) is 12.8. The number of halogens is 1. The zero-order chi connectivity index (χ0) is 12.5. The standard InChI is InChI=1S/C13H20ClN3/c1-13(2,3)12-15-8-10-4-6-17(7-5-14)9-11(10)16-12/h8H,4-7,9H2,1-3H3. The number of fused-ring (bicyclic) bond motifs is 1. The number of aromatic nitrogens is 2. The molecule has 17 heavy (non-hydrogen) atoms. The molecule has 0 radical (unpaired) electrons. The minimum Gasteiger partial charge on any atom is -0.296 e. The third-order valence-electron chi connectivity index (χ3n) is 3.10. The predicted octanol–water partition coefficient (Wildman–Crippen LogP) is 2.37. The summed E-state index contributed by atoms with van der Waals surface area (Å²) in [5, 5.41) is 0. The third-order valence-corrected chi connectivity index (χ3v) is 3.27. The second-order valence-corrected chi connectivity index (χ2v) is 6.01. The molecule has 0 unspecified atom stereocenters. The smallest absolute Gasteiger partial charge is 0.133 e. The lowest BCUT2D eigenvalue weighted by atomic mass is 9.95. The van der Waals surface area contributed by atoms with Gasteiger partial charge < -0.3 is 0 Å². The van der Waals surface area contributed by atoms with Gasteiger partial charge in [0.2, 0.25) is 0 Å². The Morgan fingerprint density at radius 1 is 1.41 bits per heavy atom. The van der Waals surface area contributed by atoms with E-state index >= 15 is 0 Å². The summed E-state index contributed by atoms with van der Waals surface area (Å²) in [6, 6.07) is 0. The first-order chi connectivity index (χ1) is 8.00. The monoisotopic (exact) mass is 253 g/mol. The van der Waals surface area contributed by atoms with Gasteiger partial charge in [-0.3, -0.25) is 4.90 Å². The highest BCUT2D eigenvalue weighted by Crippen LogP contribution is 2.22. The number of nitrogens with zero attached hydrogens (tertiary/aromatic N) is 3. The highest BCUT2D eigenvalue weighted by atomic mass is 35.5. The van der Waals surface area contributed by atoms with Crippen LogP contribution in [-0.4, -0.2) is 33.8 Å². The molecule has 1 aromatic rings. The van der Waals surface area contributed by atoms with Crippen molar-refractivity contribution in [3.63, 3.8) is 0 Å². The van der Waals surface area contributed by atoms with Crippen molar-refractivity contribution < 1.29 is 0 Å². The van der Waals surface area contributed by atoms with Crippen molar-refractivity contribution in [3.8, 4) is 0 Å². The summed E-state index contributed by atoms with van der Waals surface area (Å²) in [7, 11) is 0. The van der Waals surface area contributed by atoms with E-state index in [4.69, 9.17) is 16.6 Å². The van der Waals surface area contributed by atoms with Crippen molar-refractivity contribution in [2.24, 2.45) is 0 Å². The molecule has 0 spiro atoms. The van der Waals surface area contributed by atoms with Gasteiger partial charge in [-0.25, -0.2) is 9.97 Å². The second kappa shape index (κ2) is 4.91. The van der Waals surface area contributed by atoms with Gasteiger partial charge in [0.05, 0.1) is 5.69 Å². The van der Waals surface area contributed by atoms with E-state index in [0.717, 1.165) is 31.9 Å². The number of alkyl halides is 1. The molecule has 2 heterocycles. The van der Waals surface area contributed by atoms with Crippen LogP contribution in [0, 0.1) is 0 Å². The molecule has 0 aromatic carbocycles. The maximum absolute atomic E-state index is 5.79. The average molecular weight is 254 g/mol. The Morgan fingerprint density at radius 3 is 2.82 bits per heavy atom. The van der Waals surface area contributed by atoms with Crippen LogP contribution in [0.25, 0.3) is 0 Å². The van der Waals surface area contributed by atoms with Crippen LogP contribution in [0.4, 0.5) is 0 Å². The molecular weight excluding hydrogens is 234 g/mol. The zero-order valence-corrected chi connectivity index (χ0v) is 11.6. The third kappa shape index (κ3) is 2.96. The van der Waals surface area contributed by atoms with Crippen LogP contribution >= 0.6 is 11.6 Å². The molecule has 2 rings (SSSR count). The number of rotatable bonds is 2. The Kier molecular flexibility index (Phi) is 3.69. The normalized spacial score (nSPS) is 16.9. The molecule has 0 amide bonds. The van der Waals surface area contributed by atoms with Gasteiger partial charge in [0.15, 0.2) is 0 Å². The highest BCUT2D eigenvalue weighted by Gasteiger charge is 2.22. The zero-order valence-electron chi connectivity index (χ0n) is 10.8. The lowest BCUT2D eigenvalue weighted by Crippen LogP contribution is -2.33. The van der Waals surface area contributed by atoms with Gasteiger partial charge in [0.1, 0.15) is 5.82 Å². The fraction of sp³-hybridized carbons (Fsp3) is 0.692. The summed E-state index contributed by atoms with van der Waals surface area (Å²) in [4.78, 5) is 11.6. The van der Waals surface area contributed by atoms with Crippen LogP contribution in [0.2, 0.25) is 0 Å². The van der Waals surface area contributed by atoms with Crippen LogP contribution in [0.15, 0.2) is 6.20 Å². The van der Waals surface area contributed by atoms with E-state index in [1.165, 1.54) is 11.3 Å². The fourth-order valence-electron chi connectivity index (χ4n) is 2.03. The lowest BCUT2D eigenvalue weighted by molar-refractivity contribution is 0.263. The van der Waals surface area contributed by atoms with E-state index in [-0.39, 0.29) is 5.41 Å². The molecule has 0 bridgehead atoms. The van der Waals surface area contributed by atoms with E-state index < -0.39 is 0 Å². The topological polar surface area (TPSA) is 29.0 Å². The maximum Gasteiger partial charge on any atom is 0.133 e. The van der Waals surface area contributed by atoms with Crippen LogP contribution in [0.3, 0.4) is 0 Å². The molecule has 4 heteroatoms. The molecule has 1 aromatic heterocycles. The van der Waals surface area contributed by atoms with Crippen LogP contribution in [0.5, 0.6) is 0 Å². The van der Waals surface area contributed by atoms with Gasteiger partial charge in [-0.05, 0) is 12.0 Å². The lowest BCUT2D eigenvalue weighted by Gasteiger charge is -2.28. The Morgan fingerprint density at radius 2 is 2.18 bits per heavy atom. The van der Waals surface area contributed by atoms with Gasteiger partial charge in [0, 0.05) is 37.1 Å². The fourth-order valence-corrected chi connectivity index (χ4v) is 2.27. The molecule has 0 saturated heterocycles. The number of hydrogen-bond donors (Lipinski definition) is 0. The highest BCUT2D eigenvalue weighted by molar-refractivity contribution is 6.18. The first-order valence-electron chi connectivity index (χ1n) is 6.14. The van der Waals surface area contributed by atoms with Gasteiger partial charge in [-0.1, -0.05) is 20.8 Å². The van der Waals surface area contributed by atoms with Crippen molar-refractivity contribution in [2.75, 3.05) is 19.0 Å². The van der Waals surface area contributed by atoms with E-state index in [2.05, 4.69) is 30.7 Å². The minimum atomic E-state index is 0.0177. The predicted molar refractivity (Wildman–Crippen MR) is 70.4 cm³/mol. The van der Waals surface area contributed by atoms with Crippen LogP contribution in [0.1, 0.15) is 37.9 Å². The summed E-state index contributed by atoms with van der Waals surface area (Å²) in [5.74, 6) is 1.62. The Bertz CT molecular complexity index is 398. The van der Waals surface area contributed by atoms with Crippen molar-refractivity contribution in [2.45, 2.75) is 39.2 Å².